The lowest BCUT2D eigenvalue weighted by atomic mass is 10.2. The highest BCUT2D eigenvalue weighted by atomic mass is 32.2. The summed E-state index contributed by atoms with van der Waals surface area (Å²) in [4.78, 5) is 25.4. The van der Waals surface area contributed by atoms with Crippen LogP contribution in [0.3, 0.4) is 0 Å². The summed E-state index contributed by atoms with van der Waals surface area (Å²) in [5.74, 6) is -0.120. The second kappa shape index (κ2) is 8.48. The van der Waals surface area contributed by atoms with E-state index in [0.29, 0.717) is 38.3 Å². The molecule has 2 aromatic carbocycles. The van der Waals surface area contributed by atoms with Crippen LogP contribution in [0.1, 0.15) is 13.3 Å². The number of thioether (sulfide) groups is 1. The fourth-order valence-electron chi connectivity index (χ4n) is 3.71. The lowest BCUT2D eigenvalue weighted by molar-refractivity contribution is -0.384. The van der Waals surface area contributed by atoms with Crippen LogP contribution in [0.4, 0.5) is 17.1 Å². The molecule has 0 aliphatic carbocycles. The van der Waals surface area contributed by atoms with Crippen molar-refractivity contribution in [1.82, 2.24) is 4.31 Å². The van der Waals surface area contributed by atoms with Crippen LogP contribution in [-0.2, 0) is 14.8 Å². The van der Waals surface area contributed by atoms with E-state index in [1.165, 1.54) is 22.5 Å². The van der Waals surface area contributed by atoms with Crippen LogP contribution in [0.25, 0.3) is 0 Å². The van der Waals surface area contributed by atoms with Crippen molar-refractivity contribution in [3.05, 3.63) is 52.6 Å². The Bertz CT molecular complexity index is 1110. The zero-order valence-corrected chi connectivity index (χ0v) is 18.5. The van der Waals surface area contributed by atoms with Crippen molar-refractivity contribution in [2.24, 2.45) is 0 Å². The molecule has 2 aliphatic rings. The normalized spacial score (nSPS) is 20.0. The molecule has 31 heavy (non-hydrogen) atoms. The third-order valence-electron chi connectivity index (χ3n) is 5.33. The van der Waals surface area contributed by atoms with Gasteiger partial charge in [-0.1, -0.05) is 6.92 Å². The van der Waals surface area contributed by atoms with Crippen molar-refractivity contribution < 1.29 is 18.1 Å². The zero-order valence-electron chi connectivity index (χ0n) is 16.9. The maximum absolute atomic E-state index is 13.2. The average Bonchev–Trinajstić information content (AvgIpc) is 2.89. The Balaban J connectivity index is 1.48. The van der Waals surface area contributed by atoms with Crippen LogP contribution in [0.2, 0.25) is 0 Å². The number of carbonyl (C=O) groups is 1. The van der Waals surface area contributed by atoms with Gasteiger partial charge in [-0.05, 0) is 30.3 Å². The van der Waals surface area contributed by atoms with Crippen LogP contribution in [-0.4, -0.2) is 55.0 Å². The molecule has 9 nitrogen and oxygen atoms in total. The van der Waals surface area contributed by atoms with Crippen molar-refractivity contribution in [3.63, 3.8) is 0 Å². The molecule has 2 aromatic rings. The molecule has 1 saturated heterocycles. The predicted octanol–water partition coefficient (Wildman–Crippen LogP) is 2.93. The first-order valence-corrected chi connectivity index (χ1v) is 12.2. The van der Waals surface area contributed by atoms with Gasteiger partial charge in [-0.3, -0.25) is 14.9 Å². The molecule has 0 saturated carbocycles. The Kier molecular flexibility index (Phi) is 5.91. The van der Waals surface area contributed by atoms with Gasteiger partial charge in [0.15, 0.2) is 0 Å². The molecule has 0 bridgehead atoms. The lowest BCUT2D eigenvalue weighted by Gasteiger charge is -2.35. The summed E-state index contributed by atoms with van der Waals surface area (Å²) in [6, 6.07) is 11.1. The van der Waals surface area contributed by atoms with Gasteiger partial charge in [0.25, 0.3) is 5.69 Å². The molecule has 0 aromatic heterocycles. The van der Waals surface area contributed by atoms with Gasteiger partial charge in [-0.25, -0.2) is 8.42 Å². The van der Waals surface area contributed by atoms with E-state index >= 15 is 0 Å². The second-order valence-corrected chi connectivity index (χ2v) is 10.9. The summed E-state index contributed by atoms with van der Waals surface area (Å²) < 4.78 is 27.8. The fourth-order valence-corrected chi connectivity index (χ4v) is 6.21. The number of nitro benzene ring substituents is 1. The average molecular weight is 463 g/mol. The first kappa shape index (κ1) is 21.6. The molecular formula is C20H22N4O5S2. The number of fused-ring (bicyclic) bond motifs is 1. The molecule has 0 radical (unpaired) electrons. The molecule has 1 amide bonds. The molecule has 0 unspecified atom stereocenters. The Morgan fingerprint density at radius 3 is 2.42 bits per heavy atom. The quantitative estimate of drug-likeness (QED) is 0.549. The van der Waals surface area contributed by atoms with Crippen LogP contribution in [0.5, 0.6) is 0 Å². The van der Waals surface area contributed by atoms with Gasteiger partial charge < -0.3 is 10.2 Å². The summed E-state index contributed by atoms with van der Waals surface area (Å²) in [7, 11) is -3.71. The number of sulfonamides is 1. The van der Waals surface area contributed by atoms with Gasteiger partial charge in [-0.15, -0.1) is 11.8 Å². The van der Waals surface area contributed by atoms with E-state index in [1.807, 2.05) is 11.8 Å². The monoisotopic (exact) mass is 462 g/mol. The standard InChI is InChI=1S/C20H22N4O5S2/c1-14-12-20(25)21-18-13-17(6-7-19(18)30-14)31(28,29)23-10-8-22(9-11-23)15-2-4-16(5-3-15)24(26)27/h2-7,13-14H,8-12H2,1H3,(H,21,25)/t14-/m0/s1. The highest BCUT2D eigenvalue weighted by Crippen LogP contribution is 2.37. The number of carbonyl (C=O) groups excluding carboxylic acids is 1. The topological polar surface area (TPSA) is 113 Å². The summed E-state index contributed by atoms with van der Waals surface area (Å²) in [5, 5.41) is 13.7. The smallest absolute Gasteiger partial charge is 0.269 e. The minimum absolute atomic E-state index is 0.0211. The molecule has 4 rings (SSSR count). The number of benzene rings is 2. The molecule has 0 spiro atoms. The van der Waals surface area contributed by atoms with Crippen molar-refractivity contribution in [1.29, 1.82) is 0 Å². The highest BCUT2D eigenvalue weighted by molar-refractivity contribution is 8.00. The number of anilines is 2. The van der Waals surface area contributed by atoms with Crippen LogP contribution in [0.15, 0.2) is 52.3 Å². The number of rotatable bonds is 4. The molecule has 1 N–H and O–H groups in total. The van der Waals surface area contributed by atoms with Gasteiger partial charge in [0.1, 0.15) is 0 Å². The zero-order chi connectivity index (χ0) is 22.2. The number of hydrogen-bond acceptors (Lipinski definition) is 7. The van der Waals surface area contributed by atoms with E-state index in [4.69, 9.17) is 0 Å². The minimum atomic E-state index is -3.71. The van der Waals surface area contributed by atoms with Crippen molar-refractivity contribution in [3.8, 4) is 0 Å². The van der Waals surface area contributed by atoms with E-state index < -0.39 is 14.9 Å². The maximum atomic E-state index is 13.2. The molecule has 164 valence electrons. The van der Waals surface area contributed by atoms with E-state index in [-0.39, 0.29) is 21.7 Å². The van der Waals surface area contributed by atoms with Gasteiger partial charge in [0.05, 0.1) is 15.5 Å². The highest BCUT2D eigenvalue weighted by Gasteiger charge is 2.30. The number of nitrogens with zero attached hydrogens (tertiary/aromatic N) is 3. The molecule has 11 heteroatoms. The largest absolute Gasteiger partial charge is 0.369 e. The Labute approximate surface area is 184 Å². The third-order valence-corrected chi connectivity index (χ3v) is 8.40. The fraction of sp³-hybridized carbons (Fsp3) is 0.350. The van der Waals surface area contributed by atoms with Crippen molar-refractivity contribution >= 4 is 44.8 Å². The van der Waals surface area contributed by atoms with E-state index in [9.17, 15) is 23.3 Å². The summed E-state index contributed by atoms with van der Waals surface area (Å²) in [6.07, 6.45) is 0.381. The first-order chi connectivity index (χ1) is 14.7. The second-order valence-electron chi connectivity index (χ2n) is 7.50. The minimum Gasteiger partial charge on any atom is -0.369 e. The molecule has 1 fully saturated rings. The summed E-state index contributed by atoms with van der Waals surface area (Å²) in [6.45, 7) is 3.52. The molecule has 2 aliphatic heterocycles. The number of nitrogens with one attached hydrogen (secondary N) is 1. The van der Waals surface area contributed by atoms with Gasteiger partial charge >= 0.3 is 0 Å². The maximum Gasteiger partial charge on any atom is 0.269 e. The van der Waals surface area contributed by atoms with Gasteiger partial charge in [0, 0.05) is 60.6 Å². The third kappa shape index (κ3) is 4.53. The van der Waals surface area contributed by atoms with Crippen LogP contribution in [0, 0.1) is 10.1 Å². The van der Waals surface area contributed by atoms with E-state index in [1.54, 1.807) is 36.0 Å². The SMILES string of the molecule is C[C@H]1CC(=O)Nc2cc(S(=O)(=O)N3CCN(c4ccc([N+](=O)[O-])cc4)CC3)ccc2S1. The molecule has 1 atom stereocenters. The Morgan fingerprint density at radius 2 is 1.77 bits per heavy atom. The number of nitro groups is 1. The van der Waals surface area contributed by atoms with Crippen LogP contribution < -0.4 is 10.2 Å². The van der Waals surface area contributed by atoms with Crippen LogP contribution >= 0.6 is 11.8 Å². The summed E-state index contributed by atoms with van der Waals surface area (Å²) in [5.41, 5.74) is 1.37. The van der Waals surface area contributed by atoms with E-state index in [2.05, 4.69) is 5.32 Å². The number of non-ortho nitro benzene ring substituents is 1. The number of amides is 1. The van der Waals surface area contributed by atoms with Crippen molar-refractivity contribution in [2.45, 2.75) is 28.4 Å². The number of hydrogen-bond donors (Lipinski definition) is 1. The Morgan fingerprint density at radius 1 is 1.10 bits per heavy atom. The molecule has 2 heterocycles. The number of piperazine rings is 1. The lowest BCUT2D eigenvalue weighted by Crippen LogP contribution is -2.48. The predicted molar refractivity (Wildman–Crippen MR) is 119 cm³/mol. The van der Waals surface area contributed by atoms with Crippen molar-refractivity contribution in [2.75, 3.05) is 36.4 Å². The van der Waals surface area contributed by atoms with Gasteiger partial charge in [0.2, 0.25) is 15.9 Å². The Hall–Kier alpha value is -2.63. The first-order valence-electron chi connectivity index (χ1n) is 9.84. The van der Waals surface area contributed by atoms with Gasteiger partial charge in [-0.2, -0.15) is 4.31 Å². The van der Waals surface area contributed by atoms with E-state index in [0.717, 1.165) is 10.6 Å². The summed E-state index contributed by atoms with van der Waals surface area (Å²) >= 11 is 1.55. The molecular weight excluding hydrogens is 440 g/mol.